The van der Waals surface area contributed by atoms with Gasteiger partial charge in [0.05, 0.1) is 11.1 Å². The Balaban J connectivity index is 1.96. The summed E-state index contributed by atoms with van der Waals surface area (Å²) >= 11 is 0. The molecule has 4 amide bonds. The van der Waals surface area contributed by atoms with Crippen molar-refractivity contribution in [2.24, 2.45) is 0 Å². The van der Waals surface area contributed by atoms with Gasteiger partial charge in [-0.25, -0.2) is 4.79 Å². The average Bonchev–Trinajstić information content (AvgIpc) is 2.97. The zero-order valence-electron chi connectivity index (χ0n) is 18.1. The second-order valence-electron chi connectivity index (χ2n) is 8.25. The van der Waals surface area contributed by atoms with Crippen LogP contribution in [0.15, 0.2) is 35.4 Å². The number of aryl methyl sites for hydroxylation is 1. The lowest BCUT2D eigenvalue weighted by Gasteiger charge is -2.48. The van der Waals surface area contributed by atoms with E-state index in [-0.39, 0.29) is 17.8 Å². The predicted molar refractivity (Wildman–Crippen MR) is 117 cm³/mol. The number of carbonyl (C=O) groups is 3. The minimum Gasteiger partial charge on any atom is -0.312 e. The van der Waals surface area contributed by atoms with E-state index in [1.54, 1.807) is 11.8 Å². The first-order valence-electron chi connectivity index (χ1n) is 10.8. The van der Waals surface area contributed by atoms with Crippen LogP contribution >= 0.6 is 0 Å². The summed E-state index contributed by atoms with van der Waals surface area (Å²) in [4.78, 5) is 40.2. The highest BCUT2D eigenvalue weighted by Gasteiger charge is 2.50. The Morgan fingerprint density at radius 1 is 1.17 bits per heavy atom. The molecule has 1 aromatic rings. The Hall–Kier alpha value is -2.67. The molecule has 2 aliphatic rings. The molecule has 0 bridgehead atoms. The van der Waals surface area contributed by atoms with Gasteiger partial charge in [0, 0.05) is 30.9 Å². The lowest BCUT2D eigenvalue weighted by Crippen LogP contribution is -2.65. The van der Waals surface area contributed by atoms with E-state index in [0.717, 1.165) is 36.9 Å². The molecule has 3 rings (SSSR count). The van der Waals surface area contributed by atoms with E-state index in [1.807, 2.05) is 31.2 Å². The first-order valence-corrected chi connectivity index (χ1v) is 10.8. The van der Waals surface area contributed by atoms with Gasteiger partial charge in [0.25, 0.3) is 11.8 Å². The molecule has 0 aliphatic carbocycles. The van der Waals surface area contributed by atoms with Crippen LogP contribution in [-0.4, -0.2) is 47.9 Å². The number of carbonyl (C=O) groups excluding carboxylic acids is 3. The largest absolute Gasteiger partial charge is 0.322 e. The van der Waals surface area contributed by atoms with Gasteiger partial charge in [-0.1, -0.05) is 44.7 Å². The van der Waals surface area contributed by atoms with Crippen LogP contribution in [0.2, 0.25) is 0 Å². The van der Waals surface area contributed by atoms with Crippen molar-refractivity contribution in [2.75, 3.05) is 25.0 Å². The van der Waals surface area contributed by atoms with E-state index in [0.29, 0.717) is 37.2 Å². The van der Waals surface area contributed by atoms with Crippen LogP contribution in [0.25, 0.3) is 0 Å². The summed E-state index contributed by atoms with van der Waals surface area (Å²) in [6.07, 6.45) is 4.73. The fourth-order valence-corrected chi connectivity index (χ4v) is 4.52. The summed E-state index contributed by atoms with van der Waals surface area (Å²) in [5.74, 6) is -0.752. The van der Waals surface area contributed by atoms with Crippen LogP contribution in [-0.2, 0) is 9.59 Å². The minimum atomic E-state index is -0.847. The quantitative estimate of drug-likeness (QED) is 0.474. The minimum absolute atomic E-state index is 0.245. The zero-order chi connectivity index (χ0) is 21.7. The van der Waals surface area contributed by atoms with Crippen molar-refractivity contribution in [3.05, 3.63) is 41.0 Å². The molecule has 3 N–H and O–H groups in total. The molecule has 1 atom stereocenters. The number of benzene rings is 1. The molecule has 30 heavy (non-hydrogen) atoms. The molecule has 2 heterocycles. The van der Waals surface area contributed by atoms with Crippen LogP contribution in [0, 0.1) is 6.92 Å². The number of nitrogens with one attached hydrogen (secondary N) is 3. The molecule has 0 saturated carbocycles. The number of nitrogens with zero attached hydrogens (tertiary/aromatic N) is 1. The van der Waals surface area contributed by atoms with Gasteiger partial charge in [-0.15, -0.1) is 0 Å². The van der Waals surface area contributed by atoms with Crippen LogP contribution < -0.4 is 16.0 Å². The van der Waals surface area contributed by atoms with E-state index in [9.17, 15) is 14.4 Å². The van der Waals surface area contributed by atoms with Crippen molar-refractivity contribution < 1.29 is 14.4 Å². The molecule has 0 radical (unpaired) electrons. The molecular weight excluding hydrogens is 380 g/mol. The maximum Gasteiger partial charge on any atom is 0.322 e. The number of amides is 4. The fourth-order valence-electron chi connectivity index (χ4n) is 4.52. The Morgan fingerprint density at radius 2 is 1.97 bits per heavy atom. The summed E-state index contributed by atoms with van der Waals surface area (Å²) in [5.41, 5.74) is 1.76. The van der Waals surface area contributed by atoms with E-state index < -0.39 is 5.54 Å². The molecule has 162 valence electrons. The van der Waals surface area contributed by atoms with E-state index in [1.165, 1.54) is 0 Å². The van der Waals surface area contributed by atoms with E-state index in [2.05, 4.69) is 22.9 Å². The number of hydrogen-bond donors (Lipinski definition) is 3. The lowest BCUT2D eigenvalue weighted by atomic mass is 9.79. The Kier molecular flexibility index (Phi) is 6.92. The molecule has 0 aromatic heterocycles. The zero-order valence-corrected chi connectivity index (χ0v) is 18.1. The molecule has 1 saturated heterocycles. The highest BCUT2D eigenvalue weighted by Crippen LogP contribution is 2.37. The number of rotatable bonds is 7. The highest BCUT2D eigenvalue weighted by atomic mass is 16.2. The molecule has 0 spiro atoms. The number of piperazine rings is 1. The molecular formula is C23H32N4O3. The van der Waals surface area contributed by atoms with Crippen molar-refractivity contribution in [1.29, 1.82) is 0 Å². The Labute approximate surface area is 178 Å². The third-order valence-electron chi connectivity index (χ3n) is 6.04. The standard InChI is InChI=1S/C23H32N4O3/c1-4-5-6-7-11-23(19-17(3)20(28)26-21(19)29)15-24-12-13-27(23)22(30)25-18-10-8-9-16(2)14-18/h8-10,14,24H,4-7,11-13,15H2,1-3H3,(H,25,30)(H,26,28,29). The normalized spacial score (nSPS) is 21.8. The van der Waals surface area contributed by atoms with Gasteiger partial charge in [-0.05, 0) is 38.0 Å². The van der Waals surface area contributed by atoms with Crippen molar-refractivity contribution in [3.8, 4) is 0 Å². The SMILES string of the molecule is CCCCCCC1(C2=C(C)C(=O)NC2=O)CNCCN1C(=O)Nc1cccc(C)c1. The van der Waals surface area contributed by atoms with Gasteiger partial charge in [0.2, 0.25) is 0 Å². The molecule has 7 heteroatoms. The first-order chi connectivity index (χ1) is 14.4. The average molecular weight is 413 g/mol. The van der Waals surface area contributed by atoms with Crippen LogP contribution in [0.1, 0.15) is 51.5 Å². The van der Waals surface area contributed by atoms with Crippen molar-refractivity contribution in [1.82, 2.24) is 15.5 Å². The van der Waals surface area contributed by atoms with Gasteiger partial charge in [-0.2, -0.15) is 0 Å². The molecule has 1 unspecified atom stereocenters. The van der Waals surface area contributed by atoms with Crippen LogP contribution in [0.3, 0.4) is 0 Å². The van der Waals surface area contributed by atoms with Crippen LogP contribution in [0.5, 0.6) is 0 Å². The number of anilines is 1. The van der Waals surface area contributed by atoms with Crippen molar-refractivity contribution in [3.63, 3.8) is 0 Å². The molecule has 1 fully saturated rings. The summed E-state index contributed by atoms with van der Waals surface area (Å²) < 4.78 is 0. The van der Waals surface area contributed by atoms with Crippen LogP contribution in [0.4, 0.5) is 10.5 Å². The monoisotopic (exact) mass is 412 g/mol. The Morgan fingerprint density at radius 3 is 2.63 bits per heavy atom. The summed E-state index contributed by atoms with van der Waals surface area (Å²) in [6.45, 7) is 7.35. The summed E-state index contributed by atoms with van der Waals surface area (Å²) in [7, 11) is 0. The van der Waals surface area contributed by atoms with Gasteiger partial charge >= 0.3 is 6.03 Å². The smallest absolute Gasteiger partial charge is 0.312 e. The van der Waals surface area contributed by atoms with E-state index in [4.69, 9.17) is 0 Å². The maximum atomic E-state index is 13.4. The fraction of sp³-hybridized carbons (Fsp3) is 0.522. The number of imide groups is 1. The predicted octanol–water partition coefficient (Wildman–Crippen LogP) is 3.11. The molecule has 1 aromatic carbocycles. The van der Waals surface area contributed by atoms with Crippen molar-refractivity contribution >= 4 is 23.5 Å². The number of unbranched alkanes of at least 4 members (excludes halogenated alkanes) is 3. The maximum absolute atomic E-state index is 13.4. The van der Waals surface area contributed by atoms with Gasteiger partial charge in [0.1, 0.15) is 0 Å². The topological polar surface area (TPSA) is 90.5 Å². The van der Waals surface area contributed by atoms with E-state index >= 15 is 0 Å². The third-order valence-corrected chi connectivity index (χ3v) is 6.04. The van der Waals surface area contributed by atoms with Gasteiger partial charge in [-0.3, -0.25) is 14.9 Å². The highest BCUT2D eigenvalue weighted by molar-refractivity contribution is 6.20. The first kappa shape index (κ1) is 22.0. The second-order valence-corrected chi connectivity index (χ2v) is 8.25. The molecule has 7 nitrogen and oxygen atoms in total. The molecule has 2 aliphatic heterocycles. The third kappa shape index (κ3) is 4.41. The number of urea groups is 1. The summed E-state index contributed by atoms with van der Waals surface area (Å²) in [6, 6.07) is 7.40. The Bertz CT molecular complexity index is 864. The second kappa shape index (κ2) is 9.43. The van der Waals surface area contributed by atoms with Crippen molar-refractivity contribution in [2.45, 2.75) is 58.4 Å². The summed E-state index contributed by atoms with van der Waals surface area (Å²) in [5, 5.41) is 8.77. The lowest BCUT2D eigenvalue weighted by molar-refractivity contribution is -0.124. The van der Waals surface area contributed by atoms with Gasteiger partial charge in [0.15, 0.2) is 0 Å². The number of hydrogen-bond acceptors (Lipinski definition) is 4. The van der Waals surface area contributed by atoms with Gasteiger partial charge < -0.3 is 15.5 Å².